The Kier molecular flexibility index (Phi) is 5.35. The molecule has 0 aliphatic heterocycles. The summed E-state index contributed by atoms with van der Waals surface area (Å²) in [5.74, 6) is -0.429. The molecule has 5 rings (SSSR count). The molecule has 34 heavy (non-hydrogen) atoms. The van der Waals surface area contributed by atoms with Crippen molar-refractivity contribution in [1.82, 2.24) is 14.1 Å². The number of hydrogen-bond donors (Lipinski definition) is 1. The molecule has 1 N–H and O–H groups in total. The third-order valence-corrected chi connectivity index (χ3v) is 6.53. The minimum absolute atomic E-state index is 0.252. The molecule has 0 spiro atoms. The van der Waals surface area contributed by atoms with Crippen molar-refractivity contribution in [1.29, 1.82) is 0 Å². The topological polar surface area (TPSA) is 60.0 Å². The number of rotatable bonds is 4. The number of halogens is 2. The average molecular weight is 474 g/mol. The zero-order chi connectivity index (χ0) is 24.0. The number of hydrogen-bond acceptors (Lipinski definition) is 3. The van der Waals surface area contributed by atoms with Gasteiger partial charge in [-0.15, -0.1) is 0 Å². The van der Waals surface area contributed by atoms with Crippen LogP contribution in [0.15, 0.2) is 90.1 Å². The first-order valence-corrected chi connectivity index (χ1v) is 11.0. The summed E-state index contributed by atoms with van der Waals surface area (Å²) < 4.78 is 18.0. The van der Waals surface area contributed by atoms with Gasteiger partial charge in [0.25, 0.3) is 5.56 Å². The molecule has 7 heteroatoms. The lowest BCUT2D eigenvalue weighted by molar-refractivity contribution is 0.117. The molecule has 5 aromatic rings. The van der Waals surface area contributed by atoms with Crippen LogP contribution in [0, 0.1) is 5.82 Å². The van der Waals surface area contributed by atoms with Gasteiger partial charge < -0.3 is 14.2 Å². The fraction of sp³-hybridized carbons (Fsp3) is 0.111. The molecule has 0 aliphatic carbocycles. The van der Waals surface area contributed by atoms with E-state index in [2.05, 4.69) is 4.98 Å². The van der Waals surface area contributed by atoms with Gasteiger partial charge in [0, 0.05) is 36.1 Å². The zero-order valence-corrected chi connectivity index (χ0v) is 19.3. The highest BCUT2D eigenvalue weighted by Crippen LogP contribution is 2.39. The maximum absolute atomic E-state index is 14.8. The molecule has 0 amide bonds. The van der Waals surface area contributed by atoms with Crippen molar-refractivity contribution >= 4 is 22.5 Å². The number of pyridine rings is 1. The van der Waals surface area contributed by atoms with Crippen molar-refractivity contribution in [2.75, 3.05) is 0 Å². The van der Waals surface area contributed by atoms with Crippen molar-refractivity contribution in [3.63, 3.8) is 0 Å². The molecule has 1 atom stereocenters. The fourth-order valence-corrected chi connectivity index (χ4v) is 4.57. The number of aliphatic hydroxyl groups is 1. The monoisotopic (exact) mass is 473 g/mol. The molecule has 0 radical (unpaired) electrons. The molecule has 0 saturated heterocycles. The number of aromatic nitrogens is 3. The molecule has 0 aliphatic rings. The van der Waals surface area contributed by atoms with E-state index in [0.717, 1.165) is 0 Å². The number of imidazole rings is 1. The second kappa shape index (κ2) is 8.24. The number of benzene rings is 3. The summed E-state index contributed by atoms with van der Waals surface area (Å²) in [5, 5.41) is 13.4. The van der Waals surface area contributed by atoms with E-state index < -0.39 is 11.4 Å². The lowest BCUT2D eigenvalue weighted by Gasteiger charge is -2.30. The summed E-state index contributed by atoms with van der Waals surface area (Å²) in [7, 11) is 3.47. The predicted octanol–water partition coefficient (Wildman–Crippen LogP) is 5.02. The Morgan fingerprint density at radius 1 is 0.941 bits per heavy atom. The van der Waals surface area contributed by atoms with Gasteiger partial charge in [0.05, 0.1) is 23.7 Å². The maximum atomic E-state index is 14.8. The Balaban J connectivity index is 1.85. The van der Waals surface area contributed by atoms with E-state index in [-0.39, 0.29) is 5.56 Å². The highest BCUT2D eigenvalue weighted by Gasteiger charge is 2.37. The Hall–Kier alpha value is -3.74. The second-order valence-electron chi connectivity index (χ2n) is 8.27. The van der Waals surface area contributed by atoms with Crippen LogP contribution in [0.4, 0.5) is 4.39 Å². The van der Waals surface area contributed by atoms with Crippen LogP contribution in [0.5, 0.6) is 0 Å². The molecule has 1 unspecified atom stereocenters. The van der Waals surface area contributed by atoms with E-state index in [1.807, 2.05) is 0 Å². The van der Waals surface area contributed by atoms with E-state index in [1.54, 1.807) is 91.9 Å². The van der Waals surface area contributed by atoms with Crippen molar-refractivity contribution < 1.29 is 9.50 Å². The van der Waals surface area contributed by atoms with Crippen molar-refractivity contribution in [2.45, 2.75) is 5.60 Å². The van der Waals surface area contributed by atoms with E-state index in [4.69, 9.17) is 11.6 Å². The third-order valence-electron chi connectivity index (χ3n) is 6.28. The Morgan fingerprint density at radius 2 is 1.65 bits per heavy atom. The predicted molar refractivity (Wildman–Crippen MR) is 131 cm³/mol. The summed E-state index contributed by atoms with van der Waals surface area (Å²) in [6.07, 6.45) is 3.23. The summed E-state index contributed by atoms with van der Waals surface area (Å²) in [4.78, 5) is 16.9. The van der Waals surface area contributed by atoms with E-state index in [9.17, 15) is 14.3 Å². The van der Waals surface area contributed by atoms with E-state index >= 15 is 0 Å². The number of fused-ring (bicyclic) bond motifs is 1. The standard InChI is InChI=1S/C27H21ClFN3O2/c1-31-16-30-15-25(31)27(34,17-7-10-19(28)11-8-17)18-9-12-24-22(13-18)21(14-26(33)32(24)2)20-5-3-4-6-23(20)29/h3-16,34H,1-2H3. The van der Waals surface area contributed by atoms with E-state index in [1.165, 1.54) is 16.7 Å². The van der Waals surface area contributed by atoms with Gasteiger partial charge in [-0.25, -0.2) is 9.37 Å². The Morgan fingerprint density at radius 3 is 2.32 bits per heavy atom. The second-order valence-corrected chi connectivity index (χ2v) is 8.71. The van der Waals surface area contributed by atoms with Gasteiger partial charge in [0.2, 0.25) is 0 Å². The molecule has 5 nitrogen and oxygen atoms in total. The normalized spacial score (nSPS) is 13.2. The molecule has 0 bridgehead atoms. The van der Waals surface area contributed by atoms with Crippen LogP contribution in [-0.4, -0.2) is 19.2 Å². The van der Waals surface area contributed by atoms with Crippen LogP contribution in [0.2, 0.25) is 5.02 Å². The summed E-state index contributed by atoms with van der Waals surface area (Å²) >= 11 is 6.11. The SMILES string of the molecule is Cn1cncc1C(O)(c1ccc(Cl)cc1)c1ccc2c(c1)c(-c1ccccc1F)cc(=O)n2C. The number of aryl methyl sites for hydroxylation is 2. The van der Waals surface area contributed by atoms with Crippen molar-refractivity contribution in [3.05, 3.63) is 123 Å². The van der Waals surface area contributed by atoms with Crippen LogP contribution in [0.1, 0.15) is 16.8 Å². The molecule has 2 heterocycles. The smallest absolute Gasteiger partial charge is 0.251 e. The van der Waals surface area contributed by atoms with Crippen LogP contribution >= 0.6 is 11.6 Å². The maximum Gasteiger partial charge on any atom is 0.251 e. The van der Waals surface area contributed by atoms with Crippen LogP contribution in [0.3, 0.4) is 0 Å². The van der Waals surface area contributed by atoms with Gasteiger partial charge in [-0.1, -0.05) is 48.0 Å². The molecular formula is C27H21ClFN3O2. The molecular weight excluding hydrogens is 453 g/mol. The average Bonchev–Trinajstić information content (AvgIpc) is 3.28. The van der Waals surface area contributed by atoms with Crippen LogP contribution in [0.25, 0.3) is 22.0 Å². The van der Waals surface area contributed by atoms with Gasteiger partial charge in [-0.05, 0) is 47.0 Å². The van der Waals surface area contributed by atoms with Gasteiger partial charge >= 0.3 is 0 Å². The molecule has 0 fully saturated rings. The fourth-order valence-electron chi connectivity index (χ4n) is 4.45. The summed E-state index contributed by atoms with van der Waals surface area (Å²) in [6, 6.07) is 20.1. The molecule has 2 aromatic heterocycles. The summed E-state index contributed by atoms with van der Waals surface area (Å²) in [6.45, 7) is 0. The van der Waals surface area contributed by atoms with Crippen LogP contribution < -0.4 is 5.56 Å². The molecule has 170 valence electrons. The third kappa shape index (κ3) is 3.43. The molecule has 0 saturated carbocycles. The van der Waals surface area contributed by atoms with Crippen molar-refractivity contribution in [3.8, 4) is 11.1 Å². The van der Waals surface area contributed by atoms with Gasteiger partial charge in [0.15, 0.2) is 5.60 Å². The lowest BCUT2D eigenvalue weighted by Crippen LogP contribution is -2.31. The zero-order valence-electron chi connectivity index (χ0n) is 18.5. The van der Waals surface area contributed by atoms with Gasteiger partial charge in [0.1, 0.15) is 5.82 Å². The highest BCUT2D eigenvalue weighted by molar-refractivity contribution is 6.30. The minimum atomic E-state index is -1.58. The van der Waals surface area contributed by atoms with Gasteiger partial charge in [-0.3, -0.25) is 4.79 Å². The van der Waals surface area contributed by atoms with E-state index in [0.29, 0.717) is 43.9 Å². The van der Waals surface area contributed by atoms with Gasteiger partial charge in [-0.2, -0.15) is 0 Å². The Labute approximate surface area is 200 Å². The quantitative estimate of drug-likeness (QED) is 0.399. The molecule has 3 aromatic carbocycles. The first kappa shape index (κ1) is 22.1. The first-order valence-electron chi connectivity index (χ1n) is 10.6. The number of nitrogens with zero attached hydrogens (tertiary/aromatic N) is 3. The highest BCUT2D eigenvalue weighted by atomic mass is 35.5. The largest absolute Gasteiger partial charge is 0.374 e. The lowest BCUT2D eigenvalue weighted by atomic mass is 9.82. The van der Waals surface area contributed by atoms with Crippen molar-refractivity contribution in [2.24, 2.45) is 14.1 Å². The Bertz CT molecular complexity index is 1590. The van der Waals surface area contributed by atoms with Crippen LogP contribution in [-0.2, 0) is 19.7 Å². The first-order chi connectivity index (χ1) is 16.3. The summed E-state index contributed by atoms with van der Waals surface area (Å²) in [5.41, 5.74) is 1.26. The minimum Gasteiger partial charge on any atom is -0.374 e.